The summed E-state index contributed by atoms with van der Waals surface area (Å²) in [6.07, 6.45) is 3.51. The topological polar surface area (TPSA) is 87.5 Å². The SMILES string of the molecule is O=C(NCc1ccc(F)cc1)[C@@H]1[C@@H](CO)[C@@H]2Cn3c(cccc3=O)[C@H]1N2Cc1cccnc1. The lowest BCUT2D eigenvalue weighted by Gasteiger charge is -2.38. The van der Waals surface area contributed by atoms with Crippen LogP contribution in [-0.2, 0) is 24.4 Å². The first kappa shape index (κ1) is 21.5. The van der Waals surface area contributed by atoms with E-state index in [1.807, 2.05) is 18.2 Å². The maximum Gasteiger partial charge on any atom is 0.250 e. The van der Waals surface area contributed by atoms with Crippen LogP contribution in [-0.4, -0.2) is 38.1 Å². The highest BCUT2D eigenvalue weighted by atomic mass is 19.1. The lowest BCUT2D eigenvalue weighted by Crippen LogP contribution is -2.45. The lowest BCUT2D eigenvalue weighted by molar-refractivity contribution is -0.127. The van der Waals surface area contributed by atoms with Crippen LogP contribution in [0.25, 0.3) is 0 Å². The first-order valence-electron chi connectivity index (χ1n) is 11.0. The normalized spacial score (nSPS) is 23.8. The fourth-order valence-corrected chi connectivity index (χ4v) is 5.30. The Labute approximate surface area is 190 Å². The number of aromatic nitrogens is 2. The highest BCUT2D eigenvalue weighted by molar-refractivity contribution is 5.80. The van der Waals surface area contributed by atoms with Crippen LogP contribution in [0.1, 0.15) is 22.9 Å². The highest BCUT2D eigenvalue weighted by Gasteiger charge is 2.55. The Balaban J connectivity index is 1.48. The largest absolute Gasteiger partial charge is 0.396 e. The molecule has 0 unspecified atom stereocenters. The first-order valence-corrected chi connectivity index (χ1v) is 11.0. The van der Waals surface area contributed by atoms with Gasteiger partial charge in [-0.25, -0.2) is 4.39 Å². The number of hydrogen-bond donors (Lipinski definition) is 2. The van der Waals surface area contributed by atoms with Crippen molar-refractivity contribution in [1.29, 1.82) is 0 Å². The number of benzene rings is 1. The Bertz CT molecular complexity index is 1200. The Morgan fingerprint density at radius 2 is 1.94 bits per heavy atom. The monoisotopic (exact) mass is 448 g/mol. The minimum atomic E-state index is -0.535. The first-order chi connectivity index (χ1) is 16.1. The van der Waals surface area contributed by atoms with Gasteiger partial charge >= 0.3 is 0 Å². The van der Waals surface area contributed by atoms with E-state index in [-0.39, 0.29) is 48.4 Å². The predicted molar refractivity (Wildman–Crippen MR) is 119 cm³/mol. The van der Waals surface area contributed by atoms with E-state index in [1.165, 1.54) is 18.2 Å². The molecule has 170 valence electrons. The second-order valence-corrected chi connectivity index (χ2v) is 8.66. The van der Waals surface area contributed by atoms with Crippen LogP contribution in [0.2, 0.25) is 0 Å². The Hall–Kier alpha value is -3.36. The van der Waals surface area contributed by atoms with Crippen molar-refractivity contribution in [3.63, 3.8) is 0 Å². The molecule has 1 aromatic carbocycles. The molecule has 2 bridgehead atoms. The Kier molecular flexibility index (Phi) is 5.78. The molecule has 2 aromatic heterocycles. The van der Waals surface area contributed by atoms with E-state index in [2.05, 4.69) is 15.2 Å². The summed E-state index contributed by atoms with van der Waals surface area (Å²) in [5, 5.41) is 13.3. The molecule has 33 heavy (non-hydrogen) atoms. The van der Waals surface area contributed by atoms with E-state index in [1.54, 1.807) is 35.2 Å². The molecule has 0 spiro atoms. The number of halogens is 1. The molecule has 1 saturated heterocycles. The number of pyridine rings is 2. The van der Waals surface area contributed by atoms with Crippen LogP contribution >= 0.6 is 0 Å². The summed E-state index contributed by atoms with van der Waals surface area (Å²) in [7, 11) is 0. The molecule has 1 amide bonds. The smallest absolute Gasteiger partial charge is 0.250 e. The van der Waals surface area contributed by atoms with Crippen LogP contribution in [0.5, 0.6) is 0 Å². The molecule has 2 aliphatic heterocycles. The van der Waals surface area contributed by atoms with Crippen molar-refractivity contribution in [2.24, 2.45) is 11.8 Å². The van der Waals surface area contributed by atoms with Crippen LogP contribution in [0.3, 0.4) is 0 Å². The summed E-state index contributed by atoms with van der Waals surface area (Å²) in [6, 6.07) is 14.4. The molecule has 4 heterocycles. The van der Waals surface area contributed by atoms with Crippen molar-refractivity contribution < 1.29 is 14.3 Å². The summed E-state index contributed by atoms with van der Waals surface area (Å²) >= 11 is 0. The molecule has 5 rings (SSSR count). The van der Waals surface area contributed by atoms with Crippen molar-refractivity contribution in [3.8, 4) is 0 Å². The molecule has 0 saturated carbocycles. The number of aliphatic hydroxyl groups excluding tert-OH is 1. The third-order valence-electron chi connectivity index (χ3n) is 6.82. The minimum absolute atomic E-state index is 0.104. The van der Waals surface area contributed by atoms with E-state index >= 15 is 0 Å². The number of amides is 1. The van der Waals surface area contributed by atoms with Gasteiger partial charge in [-0.1, -0.05) is 24.3 Å². The standard InChI is InChI=1S/C25H25FN4O3/c26-18-8-6-16(7-9-18)12-28-25(33)23-19(15-31)21-14-29-20(4-1-5-22(29)32)24(23)30(21)13-17-3-2-10-27-11-17/h1-11,19,21,23-24,31H,12-15H2,(H,28,33)/t19-,21-,23+,24+/m0/s1. The van der Waals surface area contributed by atoms with E-state index < -0.39 is 5.92 Å². The summed E-state index contributed by atoms with van der Waals surface area (Å²) in [4.78, 5) is 32.5. The van der Waals surface area contributed by atoms with Gasteiger partial charge in [-0.05, 0) is 35.4 Å². The molecule has 2 N–H and O–H groups in total. The predicted octanol–water partition coefficient (Wildman–Crippen LogP) is 1.86. The number of nitrogens with one attached hydrogen (secondary N) is 1. The lowest BCUT2D eigenvalue weighted by atomic mass is 9.86. The quantitative estimate of drug-likeness (QED) is 0.601. The zero-order valence-corrected chi connectivity index (χ0v) is 18.0. The number of carbonyl (C=O) groups excluding carboxylic acids is 1. The molecule has 8 heteroatoms. The summed E-state index contributed by atoms with van der Waals surface area (Å²) in [5.41, 5.74) is 2.46. The number of nitrogens with zero attached hydrogens (tertiary/aromatic N) is 3. The average molecular weight is 448 g/mol. The molecular formula is C25H25FN4O3. The molecule has 2 aliphatic rings. The second-order valence-electron chi connectivity index (χ2n) is 8.66. The maximum atomic E-state index is 13.5. The maximum absolute atomic E-state index is 13.5. The molecule has 3 aromatic rings. The van der Waals surface area contributed by atoms with Gasteiger partial charge in [0.05, 0.1) is 12.0 Å². The molecule has 0 radical (unpaired) electrons. The van der Waals surface area contributed by atoms with E-state index in [4.69, 9.17) is 0 Å². The number of carbonyl (C=O) groups is 1. The fraction of sp³-hybridized carbons (Fsp3) is 0.320. The second kappa shape index (κ2) is 8.88. The summed E-state index contributed by atoms with van der Waals surface area (Å²) in [5.74, 6) is -1.39. The highest BCUT2D eigenvalue weighted by Crippen LogP contribution is 2.48. The molecule has 0 aliphatic carbocycles. The van der Waals surface area contributed by atoms with Crippen molar-refractivity contribution in [2.75, 3.05) is 6.61 Å². The number of rotatable bonds is 6. The average Bonchev–Trinajstić information content (AvgIpc) is 3.03. The fourth-order valence-electron chi connectivity index (χ4n) is 5.30. The van der Waals surface area contributed by atoms with Gasteiger partial charge in [0.1, 0.15) is 5.82 Å². The Morgan fingerprint density at radius 1 is 1.12 bits per heavy atom. The van der Waals surface area contributed by atoms with Gasteiger partial charge in [-0.3, -0.25) is 19.5 Å². The number of fused-ring (bicyclic) bond motifs is 4. The van der Waals surface area contributed by atoms with Gasteiger partial charge < -0.3 is 15.0 Å². The van der Waals surface area contributed by atoms with Crippen LogP contribution in [0.15, 0.2) is 71.8 Å². The van der Waals surface area contributed by atoms with Gasteiger partial charge in [-0.15, -0.1) is 0 Å². The zero-order chi connectivity index (χ0) is 22.9. The summed E-state index contributed by atoms with van der Waals surface area (Å²) < 4.78 is 14.9. The number of aliphatic hydroxyl groups is 1. The van der Waals surface area contributed by atoms with E-state index in [0.717, 1.165) is 16.8 Å². The third kappa shape index (κ3) is 3.96. The van der Waals surface area contributed by atoms with Crippen LogP contribution < -0.4 is 10.9 Å². The van der Waals surface area contributed by atoms with Crippen LogP contribution in [0, 0.1) is 17.7 Å². The van der Waals surface area contributed by atoms with E-state index in [9.17, 15) is 19.1 Å². The van der Waals surface area contributed by atoms with E-state index in [0.29, 0.717) is 13.1 Å². The zero-order valence-electron chi connectivity index (χ0n) is 18.0. The van der Waals surface area contributed by atoms with Crippen molar-refractivity contribution >= 4 is 5.91 Å². The van der Waals surface area contributed by atoms with Crippen molar-refractivity contribution in [2.45, 2.75) is 31.7 Å². The van der Waals surface area contributed by atoms with Gasteiger partial charge in [-0.2, -0.15) is 0 Å². The minimum Gasteiger partial charge on any atom is -0.396 e. The van der Waals surface area contributed by atoms with Crippen LogP contribution in [0.4, 0.5) is 4.39 Å². The van der Waals surface area contributed by atoms with Crippen molar-refractivity contribution in [1.82, 2.24) is 19.8 Å². The van der Waals surface area contributed by atoms with Gasteiger partial charge in [0.2, 0.25) is 5.91 Å². The van der Waals surface area contributed by atoms with Gasteiger partial charge in [0.15, 0.2) is 0 Å². The molecular weight excluding hydrogens is 423 g/mol. The third-order valence-corrected chi connectivity index (χ3v) is 6.82. The van der Waals surface area contributed by atoms with Gasteiger partial charge in [0, 0.05) is 62.4 Å². The molecule has 4 atom stereocenters. The molecule has 7 nitrogen and oxygen atoms in total. The molecule has 1 fully saturated rings. The van der Waals surface area contributed by atoms with Crippen molar-refractivity contribution in [3.05, 3.63) is 100.0 Å². The number of hydrogen-bond acceptors (Lipinski definition) is 5. The summed E-state index contributed by atoms with van der Waals surface area (Å²) in [6.45, 7) is 1.07. The Morgan fingerprint density at radius 3 is 2.67 bits per heavy atom. The van der Waals surface area contributed by atoms with Gasteiger partial charge in [0.25, 0.3) is 5.56 Å².